The first kappa shape index (κ1) is 8.67. The molecule has 1 heterocycles. The molecular formula is C9H17IS. The number of hydrogen-bond acceptors (Lipinski definition) is 0. The lowest BCUT2D eigenvalue weighted by Gasteiger charge is -2.23. The summed E-state index contributed by atoms with van der Waals surface area (Å²) in [4.78, 5) is 0. The maximum Gasteiger partial charge on any atom is -0.0115 e. The molecule has 2 unspecified atom stereocenters. The Hall–Kier alpha value is 1.08. The van der Waals surface area contributed by atoms with E-state index < -0.39 is 0 Å². The molecule has 66 valence electrons. The molecule has 2 aliphatic rings. The van der Waals surface area contributed by atoms with Crippen LogP contribution in [0.3, 0.4) is 0 Å². The number of halogens is 1. The van der Waals surface area contributed by atoms with Crippen molar-refractivity contribution in [1.82, 2.24) is 0 Å². The highest BCUT2D eigenvalue weighted by atomic mass is 127. The van der Waals surface area contributed by atoms with E-state index in [2.05, 4.69) is 27.5 Å². The minimum absolute atomic E-state index is 0.159. The summed E-state index contributed by atoms with van der Waals surface area (Å²) in [7, 11) is -0.159. The summed E-state index contributed by atoms with van der Waals surface area (Å²) in [6.45, 7) is 0. The Bertz CT molecular complexity index is 140. The van der Waals surface area contributed by atoms with Crippen molar-refractivity contribution in [2.24, 2.45) is 11.8 Å². The van der Waals surface area contributed by atoms with Gasteiger partial charge in [-0.2, -0.15) is 7.20 Å². The van der Waals surface area contributed by atoms with Crippen molar-refractivity contribution in [3.05, 3.63) is 0 Å². The zero-order valence-electron chi connectivity index (χ0n) is 7.18. The fraction of sp³-hybridized carbons (Fsp3) is 1.00. The van der Waals surface area contributed by atoms with E-state index in [0.29, 0.717) is 0 Å². The Morgan fingerprint density at radius 3 is 2.00 bits per heavy atom. The fourth-order valence-electron chi connectivity index (χ4n) is 2.68. The third-order valence-electron chi connectivity index (χ3n) is 3.19. The van der Waals surface area contributed by atoms with E-state index in [1.54, 1.807) is 24.3 Å². The molecule has 1 saturated carbocycles. The van der Waals surface area contributed by atoms with Crippen LogP contribution in [0.5, 0.6) is 0 Å². The minimum Gasteiger partial charge on any atom is -0.190 e. The third kappa shape index (κ3) is 1.87. The van der Waals surface area contributed by atoms with Crippen LogP contribution < -0.4 is 0 Å². The molecule has 0 nitrogen and oxygen atoms in total. The van der Waals surface area contributed by atoms with Gasteiger partial charge < -0.3 is 0 Å². The first-order chi connectivity index (χ1) is 5.17. The van der Waals surface area contributed by atoms with Crippen LogP contribution in [-0.2, 0) is 0 Å². The molecule has 11 heavy (non-hydrogen) atoms. The van der Waals surface area contributed by atoms with Crippen LogP contribution in [0, 0.1) is 11.8 Å². The Morgan fingerprint density at radius 2 is 1.55 bits per heavy atom. The summed E-state index contributed by atoms with van der Waals surface area (Å²) >= 11 is 2.75. The number of fused-ring (bicyclic) bond motifs is 1. The minimum atomic E-state index is -0.159. The van der Waals surface area contributed by atoms with Gasteiger partial charge in [-0.05, 0) is 63.6 Å². The normalized spacial score (nSPS) is 56.5. The second kappa shape index (κ2) is 3.09. The van der Waals surface area contributed by atoms with Crippen molar-refractivity contribution in [3.63, 3.8) is 0 Å². The first-order valence-electron chi connectivity index (χ1n) is 4.61. The molecule has 0 amide bonds. The van der Waals surface area contributed by atoms with Gasteiger partial charge in [0.25, 0.3) is 0 Å². The summed E-state index contributed by atoms with van der Waals surface area (Å²) in [6, 6.07) is 0. The first-order valence-corrected chi connectivity index (χ1v) is 9.53. The standard InChI is InChI=1S/C9H17IS/c1-11(10)6-8-4-2-3-5-9(8)7-11/h8-9H,2-7H2,1H3. The van der Waals surface area contributed by atoms with Crippen LogP contribution in [0.4, 0.5) is 0 Å². The Morgan fingerprint density at radius 1 is 1.09 bits per heavy atom. The Labute approximate surface area is 83.4 Å². The summed E-state index contributed by atoms with van der Waals surface area (Å²) in [5.74, 6) is 5.44. The quantitative estimate of drug-likeness (QED) is 0.596. The van der Waals surface area contributed by atoms with Gasteiger partial charge in [0.15, 0.2) is 0 Å². The molecule has 1 aliphatic heterocycles. The van der Waals surface area contributed by atoms with E-state index in [1.807, 2.05) is 0 Å². The number of hydrogen-bond donors (Lipinski definition) is 0. The average molecular weight is 284 g/mol. The Kier molecular flexibility index (Phi) is 2.44. The summed E-state index contributed by atoms with van der Waals surface area (Å²) < 4.78 is 0. The van der Waals surface area contributed by atoms with Gasteiger partial charge in [0.05, 0.1) is 0 Å². The molecule has 2 atom stereocenters. The van der Waals surface area contributed by atoms with Crippen molar-refractivity contribution in [1.29, 1.82) is 0 Å². The highest BCUT2D eigenvalue weighted by Crippen LogP contribution is 2.63. The summed E-state index contributed by atoms with van der Waals surface area (Å²) in [6.07, 6.45) is 8.67. The second-order valence-electron chi connectivity index (χ2n) is 4.29. The van der Waals surface area contributed by atoms with Crippen LogP contribution in [-0.4, -0.2) is 17.8 Å². The second-order valence-corrected chi connectivity index (χ2v) is 13.6. The molecule has 0 aromatic heterocycles. The number of rotatable bonds is 0. The predicted octanol–water partition coefficient (Wildman–Crippen LogP) is 3.59. The van der Waals surface area contributed by atoms with E-state index >= 15 is 0 Å². The molecule has 2 rings (SSSR count). The highest BCUT2D eigenvalue weighted by molar-refractivity contribution is 14.2. The van der Waals surface area contributed by atoms with Gasteiger partial charge >= 0.3 is 0 Å². The van der Waals surface area contributed by atoms with Crippen LogP contribution in [0.25, 0.3) is 0 Å². The maximum absolute atomic E-state index is 2.75. The molecule has 2 fully saturated rings. The fourth-order valence-corrected chi connectivity index (χ4v) is 8.25. The van der Waals surface area contributed by atoms with Crippen LogP contribution in [0.2, 0.25) is 0 Å². The molecule has 0 N–H and O–H groups in total. The molecule has 0 bridgehead atoms. The lowest BCUT2D eigenvalue weighted by atomic mass is 9.82. The molecule has 0 radical (unpaired) electrons. The van der Waals surface area contributed by atoms with E-state index in [9.17, 15) is 0 Å². The van der Waals surface area contributed by atoms with E-state index in [4.69, 9.17) is 0 Å². The van der Waals surface area contributed by atoms with Gasteiger partial charge in [-0.3, -0.25) is 0 Å². The van der Waals surface area contributed by atoms with Gasteiger partial charge in [-0.1, -0.05) is 12.8 Å². The molecular weight excluding hydrogens is 267 g/mol. The largest absolute Gasteiger partial charge is 0.190 e. The monoisotopic (exact) mass is 284 g/mol. The smallest absolute Gasteiger partial charge is 0.0115 e. The average Bonchev–Trinajstić information content (AvgIpc) is 2.21. The molecule has 0 aromatic carbocycles. The topological polar surface area (TPSA) is 0 Å². The molecule has 1 aliphatic carbocycles. The van der Waals surface area contributed by atoms with Gasteiger partial charge in [-0.15, -0.1) is 0 Å². The lowest BCUT2D eigenvalue weighted by molar-refractivity contribution is 0.299. The maximum atomic E-state index is 2.75. The molecule has 0 spiro atoms. The van der Waals surface area contributed by atoms with Crippen LogP contribution in [0.1, 0.15) is 25.7 Å². The van der Waals surface area contributed by atoms with Gasteiger partial charge in [0, 0.05) is 0 Å². The molecule has 1 saturated heterocycles. The van der Waals surface area contributed by atoms with E-state index in [-0.39, 0.29) is 7.20 Å². The van der Waals surface area contributed by atoms with Crippen molar-refractivity contribution in [3.8, 4) is 0 Å². The summed E-state index contributed by atoms with van der Waals surface area (Å²) in [5, 5.41) is 0. The van der Waals surface area contributed by atoms with E-state index in [1.165, 1.54) is 12.8 Å². The van der Waals surface area contributed by atoms with Gasteiger partial charge in [0.2, 0.25) is 0 Å². The van der Waals surface area contributed by atoms with Crippen molar-refractivity contribution in [2.45, 2.75) is 25.7 Å². The van der Waals surface area contributed by atoms with Crippen molar-refractivity contribution < 1.29 is 0 Å². The SMILES string of the molecule is CS1(I)CC2CCCCC2C1. The van der Waals surface area contributed by atoms with Crippen molar-refractivity contribution >= 4 is 28.4 Å². The van der Waals surface area contributed by atoms with Crippen LogP contribution >= 0.6 is 28.4 Å². The predicted molar refractivity (Wildman–Crippen MR) is 62.7 cm³/mol. The van der Waals surface area contributed by atoms with Gasteiger partial charge in [-0.25, -0.2) is 0 Å². The Balaban J connectivity index is 2.03. The lowest BCUT2D eigenvalue weighted by Crippen LogP contribution is -2.16. The molecule has 2 heteroatoms. The molecule has 0 aromatic rings. The van der Waals surface area contributed by atoms with Crippen molar-refractivity contribution in [2.75, 3.05) is 17.8 Å². The third-order valence-corrected chi connectivity index (χ3v) is 7.59. The highest BCUT2D eigenvalue weighted by Gasteiger charge is 2.38. The zero-order valence-corrected chi connectivity index (χ0v) is 10.2. The van der Waals surface area contributed by atoms with Crippen LogP contribution in [0.15, 0.2) is 0 Å². The summed E-state index contributed by atoms with van der Waals surface area (Å²) in [5.41, 5.74) is 0. The zero-order chi connectivity index (χ0) is 7.90. The van der Waals surface area contributed by atoms with Gasteiger partial charge in [0.1, 0.15) is 0 Å². The van der Waals surface area contributed by atoms with E-state index in [0.717, 1.165) is 11.8 Å².